The van der Waals surface area contributed by atoms with Crippen LogP contribution in [0.5, 0.6) is 11.5 Å². The standard InChI is InChI=1S/C13H17ClN2O2/c1-3-17-11-8-9(13-15-5-6-16-13)7-10(14)12(11)18-4-2/h7-8H,3-6H2,1-2H3,(H,15,16). The van der Waals surface area contributed by atoms with E-state index in [0.29, 0.717) is 29.7 Å². The third-order valence-corrected chi connectivity index (χ3v) is 2.83. The summed E-state index contributed by atoms with van der Waals surface area (Å²) >= 11 is 6.24. The molecule has 18 heavy (non-hydrogen) atoms. The van der Waals surface area contributed by atoms with Gasteiger partial charge in [0.15, 0.2) is 11.5 Å². The topological polar surface area (TPSA) is 42.8 Å². The molecule has 0 aromatic heterocycles. The van der Waals surface area contributed by atoms with Crippen molar-refractivity contribution in [1.29, 1.82) is 0 Å². The van der Waals surface area contributed by atoms with Gasteiger partial charge in [-0.1, -0.05) is 11.6 Å². The molecule has 0 atom stereocenters. The van der Waals surface area contributed by atoms with Crippen LogP contribution in [0.2, 0.25) is 5.02 Å². The number of ether oxygens (including phenoxy) is 2. The van der Waals surface area contributed by atoms with Crippen molar-refractivity contribution < 1.29 is 9.47 Å². The Morgan fingerprint density at radius 1 is 1.28 bits per heavy atom. The fraction of sp³-hybridized carbons (Fsp3) is 0.462. The number of amidine groups is 1. The Balaban J connectivity index is 2.39. The monoisotopic (exact) mass is 268 g/mol. The smallest absolute Gasteiger partial charge is 0.179 e. The minimum absolute atomic E-state index is 0.550. The van der Waals surface area contributed by atoms with Gasteiger partial charge in [-0.2, -0.15) is 0 Å². The number of nitrogens with one attached hydrogen (secondary N) is 1. The number of hydrogen-bond acceptors (Lipinski definition) is 4. The zero-order valence-corrected chi connectivity index (χ0v) is 11.4. The van der Waals surface area contributed by atoms with Crippen molar-refractivity contribution in [2.24, 2.45) is 4.99 Å². The van der Waals surface area contributed by atoms with Crippen molar-refractivity contribution in [3.63, 3.8) is 0 Å². The van der Waals surface area contributed by atoms with E-state index in [0.717, 1.165) is 24.5 Å². The third-order valence-electron chi connectivity index (χ3n) is 2.55. The van der Waals surface area contributed by atoms with Crippen LogP contribution in [0.3, 0.4) is 0 Å². The van der Waals surface area contributed by atoms with Crippen LogP contribution >= 0.6 is 11.6 Å². The first-order valence-corrected chi connectivity index (χ1v) is 6.51. The third kappa shape index (κ3) is 2.70. The summed E-state index contributed by atoms with van der Waals surface area (Å²) in [5.41, 5.74) is 0.935. The van der Waals surface area contributed by atoms with Gasteiger partial charge in [0, 0.05) is 12.1 Å². The Hall–Kier alpha value is -1.42. The molecule has 4 nitrogen and oxygen atoms in total. The van der Waals surface area contributed by atoms with E-state index in [1.807, 2.05) is 26.0 Å². The average molecular weight is 269 g/mol. The lowest BCUT2D eigenvalue weighted by Crippen LogP contribution is -2.19. The summed E-state index contributed by atoms with van der Waals surface area (Å²) in [6, 6.07) is 3.77. The molecule has 0 amide bonds. The van der Waals surface area contributed by atoms with Crippen molar-refractivity contribution in [3.8, 4) is 11.5 Å². The molecule has 0 radical (unpaired) electrons. The molecule has 2 rings (SSSR count). The van der Waals surface area contributed by atoms with Crippen LogP contribution in [0.25, 0.3) is 0 Å². The lowest BCUT2D eigenvalue weighted by Gasteiger charge is -2.14. The van der Waals surface area contributed by atoms with Gasteiger partial charge in [0.05, 0.1) is 24.8 Å². The maximum atomic E-state index is 6.24. The number of halogens is 1. The summed E-state index contributed by atoms with van der Waals surface area (Å²) < 4.78 is 11.1. The van der Waals surface area contributed by atoms with Crippen LogP contribution in [0.15, 0.2) is 17.1 Å². The highest BCUT2D eigenvalue weighted by Gasteiger charge is 2.16. The first kappa shape index (κ1) is 13.0. The summed E-state index contributed by atoms with van der Waals surface area (Å²) in [5.74, 6) is 2.13. The Bertz CT molecular complexity index is 461. The van der Waals surface area contributed by atoms with E-state index in [1.54, 1.807) is 0 Å². The molecule has 1 aromatic rings. The lowest BCUT2D eigenvalue weighted by atomic mass is 10.2. The van der Waals surface area contributed by atoms with Gasteiger partial charge in [-0.05, 0) is 26.0 Å². The van der Waals surface area contributed by atoms with Gasteiger partial charge >= 0.3 is 0 Å². The quantitative estimate of drug-likeness (QED) is 0.892. The molecule has 1 aliphatic heterocycles. The molecule has 1 heterocycles. The number of aliphatic imine (C=N–C) groups is 1. The SMILES string of the molecule is CCOc1cc(C2=NCCN2)cc(Cl)c1OCC. The predicted octanol–water partition coefficient (Wildman–Crippen LogP) is 2.49. The van der Waals surface area contributed by atoms with Gasteiger partial charge in [0.2, 0.25) is 0 Å². The van der Waals surface area contributed by atoms with Gasteiger partial charge in [0.25, 0.3) is 0 Å². The van der Waals surface area contributed by atoms with Crippen molar-refractivity contribution in [2.45, 2.75) is 13.8 Å². The van der Waals surface area contributed by atoms with E-state index in [4.69, 9.17) is 21.1 Å². The molecular formula is C13H17ClN2O2. The van der Waals surface area contributed by atoms with E-state index in [9.17, 15) is 0 Å². The van der Waals surface area contributed by atoms with E-state index >= 15 is 0 Å². The number of benzene rings is 1. The van der Waals surface area contributed by atoms with E-state index in [-0.39, 0.29) is 0 Å². The highest BCUT2D eigenvalue weighted by atomic mass is 35.5. The minimum Gasteiger partial charge on any atom is -0.490 e. The van der Waals surface area contributed by atoms with Crippen LogP contribution in [0.1, 0.15) is 19.4 Å². The summed E-state index contributed by atoms with van der Waals surface area (Å²) in [5, 5.41) is 3.77. The number of hydrogen-bond donors (Lipinski definition) is 1. The van der Waals surface area contributed by atoms with Crippen molar-refractivity contribution >= 4 is 17.4 Å². The molecular weight excluding hydrogens is 252 g/mol. The lowest BCUT2D eigenvalue weighted by molar-refractivity contribution is 0.288. The normalized spacial score (nSPS) is 14.1. The van der Waals surface area contributed by atoms with Crippen molar-refractivity contribution in [1.82, 2.24) is 5.32 Å². The summed E-state index contributed by atoms with van der Waals surface area (Å²) in [7, 11) is 0. The minimum atomic E-state index is 0.550. The highest BCUT2D eigenvalue weighted by molar-refractivity contribution is 6.32. The summed E-state index contributed by atoms with van der Waals surface area (Å²) in [6.45, 7) is 6.64. The second kappa shape index (κ2) is 5.96. The van der Waals surface area contributed by atoms with Crippen LogP contribution in [0, 0.1) is 0 Å². The fourth-order valence-electron chi connectivity index (χ4n) is 1.84. The molecule has 1 aromatic carbocycles. The van der Waals surface area contributed by atoms with Gasteiger partial charge in [-0.3, -0.25) is 4.99 Å². The Morgan fingerprint density at radius 2 is 2.06 bits per heavy atom. The summed E-state index contributed by atoms with van der Waals surface area (Å²) in [4.78, 5) is 4.37. The molecule has 0 saturated carbocycles. The predicted molar refractivity (Wildman–Crippen MR) is 73.2 cm³/mol. The molecule has 5 heteroatoms. The van der Waals surface area contributed by atoms with Crippen molar-refractivity contribution in [2.75, 3.05) is 26.3 Å². The Labute approximate surface area is 112 Å². The summed E-state index contributed by atoms with van der Waals surface area (Å²) in [6.07, 6.45) is 0. The first-order chi connectivity index (χ1) is 8.76. The van der Waals surface area contributed by atoms with E-state index in [2.05, 4.69) is 10.3 Å². The maximum absolute atomic E-state index is 6.24. The van der Waals surface area contributed by atoms with E-state index in [1.165, 1.54) is 0 Å². The first-order valence-electron chi connectivity index (χ1n) is 6.14. The second-order valence-electron chi connectivity index (χ2n) is 3.81. The van der Waals surface area contributed by atoms with E-state index < -0.39 is 0 Å². The fourth-order valence-corrected chi connectivity index (χ4v) is 2.11. The highest BCUT2D eigenvalue weighted by Crippen LogP contribution is 2.36. The molecule has 0 bridgehead atoms. The largest absolute Gasteiger partial charge is 0.490 e. The van der Waals surface area contributed by atoms with Crippen LogP contribution in [-0.4, -0.2) is 32.1 Å². The maximum Gasteiger partial charge on any atom is 0.179 e. The van der Waals surface area contributed by atoms with Crippen LogP contribution < -0.4 is 14.8 Å². The van der Waals surface area contributed by atoms with Gasteiger partial charge in [-0.15, -0.1) is 0 Å². The Morgan fingerprint density at radius 3 is 2.67 bits per heavy atom. The second-order valence-corrected chi connectivity index (χ2v) is 4.22. The molecule has 0 fully saturated rings. The van der Waals surface area contributed by atoms with Gasteiger partial charge in [0.1, 0.15) is 5.84 Å². The zero-order valence-electron chi connectivity index (χ0n) is 10.6. The van der Waals surface area contributed by atoms with Gasteiger partial charge < -0.3 is 14.8 Å². The molecule has 0 spiro atoms. The number of nitrogens with zero attached hydrogens (tertiary/aromatic N) is 1. The number of rotatable bonds is 5. The average Bonchev–Trinajstić information content (AvgIpc) is 2.87. The van der Waals surface area contributed by atoms with Crippen LogP contribution in [-0.2, 0) is 0 Å². The van der Waals surface area contributed by atoms with Crippen molar-refractivity contribution in [3.05, 3.63) is 22.7 Å². The molecule has 98 valence electrons. The molecule has 0 unspecified atom stereocenters. The molecule has 1 N–H and O–H groups in total. The van der Waals surface area contributed by atoms with Crippen LogP contribution in [0.4, 0.5) is 0 Å². The molecule has 1 aliphatic rings. The molecule has 0 saturated heterocycles. The Kier molecular flexibility index (Phi) is 4.31. The zero-order chi connectivity index (χ0) is 13.0. The molecule has 0 aliphatic carbocycles. The van der Waals surface area contributed by atoms with Gasteiger partial charge in [-0.25, -0.2) is 0 Å².